The standard InChI is InChI=1S/C12H5Cl6PS4/c13-5-1-7(15)11(8(16)2-5)22-19(20,21)23-12-9(17)3-6(14)4-10(12)18/h1-4H,(H,20,21). The summed E-state index contributed by atoms with van der Waals surface area (Å²) in [6.07, 6.45) is 0. The summed E-state index contributed by atoms with van der Waals surface area (Å²) in [5.41, 5.74) is 0. The van der Waals surface area contributed by atoms with Gasteiger partial charge in [0, 0.05) is 10.0 Å². The highest BCUT2D eigenvalue weighted by atomic mass is 35.5. The van der Waals surface area contributed by atoms with Crippen LogP contribution in [0.2, 0.25) is 30.1 Å². The average Bonchev–Trinajstić information content (AvgIpc) is 2.38. The lowest BCUT2D eigenvalue weighted by Gasteiger charge is -2.18. The van der Waals surface area contributed by atoms with Crippen LogP contribution in [0.15, 0.2) is 34.1 Å². The maximum atomic E-state index is 6.20. The van der Waals surface area contributed by atoms with Gasteiger partial charge in [0.2, 0.25) is 0 Å². The first-order chi connectivity index (χ1) is 10.6. The summed E-state index contributed by atoms with van der Waals surface area (Å²) in [5, 5.41) is 2.59. The molecule has 0 aromatic heterocycles. The van der Waals surface area contributed by atoms with Crippen molar-refractivity contribution >= 4 is 120 Å². The van der Waals surface area contributed by atoms with Crippen molar-refractivity contribution < 1.29 is 0 Å². The molecule has 0 amide bonds. The van der Waals surface area contributed by atoms with E-state index in [0.717, 1.165) is 0 Å². The fourth-order valence-electron chi connectivity index (χ4n) is 1.48. The van der Waals surface area contributed by atoms with Crippen molar-refractivity contribution in [1.29, 1.82) is 0 Å². The van der Waals surface area contributed by atoms with Gasteiger partial charge in [0.15, 0.2) is 0 Å². The molecule has 2 rings (SSSR count). The predicted octanol–water partition coefficient (Wildman–Crippen LogP) is 9.65. The van der Waals surface area contributed by atoms with Crippen LogP contribution < -0.4 is 0 Å². The zero-order chi connectivity index (χ0) is 17.4. The van der Waals surface area contributed by atoms with Crippen molar-refractivity contribution in [1.82, 2.24) is 0 Å². The third-order valence-corrected chi connectivity index (χ3v) is 12.8. The second-order valence-electron chi connectivity index (χ2n) is 4.05. The molecule has 0 spiro atoms. The third kappa shape index (κ3) is 5.94. The largest absolute Gasteiger partial charge is 0.121 e. The molecule has 0 unspecified atom stereocenters. The van der Waals surface area contributed by atoms with Crippen LogP contribution in [0.4, 0.5) is 0 Å². The Morgan fingerprint density at radius 2 is 0.957 bits per heavy atom. The van der Waals surface area contributed by atoms with Crippen LogP contribution in [0.5, 0.6) is 0 Å². The van der Waals surface area contributed by atoms with Crippen LogP contribution >= 0.6 is 108 Å². The van der Waals surface area contributed by atoms with E-state index in [1.165, 1.54) is 22.8 Å². The maximum Gasteiger partial charge on any atom is 0.115 e. The number of hydrogen-bond acceptors (Lipinski definition) is 3. The minimum absolute atomic E-state index is 0.421. The second kappa shape index (κ2) is 8.71. The molecule has 0 saturated carbocycles. The molecule has 0 heterocycles. The highest BCUT2D eigenvalue weighted by Gasteiger charge is 2.23. The Bertz CT molecular complexity index is 703. The Morgan fingerprint density at radius 1 is 0.696 bits per heavy atom. The van der Waals surface area contributed by atoms with Crippen molar-refractivity contribution in [3.8, 4) is 0 Å². The van der Waals surface area contributed by atoms with E-state index in [4.69, 9.17) is 81.4 Å². The van der Waals surface area contributed by atoms with Gasteiger partial charge < -0.3 is 0 Å². The molecule has 0 radical (unpaired) electrons. The quantitative estimate of drug-likeness (QED) is 0.315. The molecule has 2 aromatic carbocycles. The van der Waals surface area contributed by atoms with Gasteiger partial charge >= 0.3 is 0 Å². The van der Waals surface area contributed by atoms with Crippen LogP contribution in [-0.4, -0.2) is 0 Å². The number of benzene rings is 2. The van der Waals surface area contributed by atoms with Gasteiger partial charge in [-0.2, -0.15) is 0 Å². The first-order valence-electron chi connectivity index (χ1n) is 5.60. The molecule has 2 aromatic rings. The zero-order valence-corrected chi connectivity index (χ0v) is 19.5. The van der Waals surface area contributed by atoms with Crippen molar-refractivity contribution in [2.75, 3.05) is 0 Å². The highest BCUT2D eigenvalue weighted by molar-refractivity contribution is 9.20. The van der Waals surface area contributed by atoms with Crippen molar-refractivity contribution in [2.45, 2.75) is 9.79 Å². The number of thiol groups is 1. The summed E-state index contributed by atoms with van der Waals surface area (Å²) in [6, 6.07) is 6.42. The Hall–Kier alpha value is 1.88. The fraction of sp³-hybridized carbons (Fsp3) is 0. The third-order valence-electron chi connectivity index (χ3n) is 2.34. The van der Waals surface area contributed by atoms with E-state index in [0.29, 0.717) is 39.9 Å². The molecule has 0 bridgehead atoms. The second-order valence-corrected chi connectivity index (χ2v) is 21.0. The predicted molar refractivity (Wildman–Crippen MR) is 118 cm³/mol. The molecule has 124 valence electrons. The molecule has 0 fully saturated rings. The minimum Gasteiger partial charge on any atom is -0.121 e. The monoisotopic (exact) mass is 518 g/mol. The molecule has 0 saturated heterocycles. The summed E-state index contributed by atoms with van der Waals surface area (Å²) in [4.78, 5) is 1.26. The first-order valence-corrected chi connectivity index (χ1v) is 14.7. The molecule has 0 nitrogen and oxygen atoms in total. The van der Waals surface area contributed by atoms with E-state index in [1.54, 1.807) is 24.3 Å². The Labute approximate surface area is 182 Å². The van der Waals surface area contributed by atoms with E-state index in [2.05, 4.69) is 12.2 Å². The smallest absolute Gasteiger partial charge is 0.115 e. The average molecular weight is 521 g/mol. The SMILES string of the molecule is S=P(S)(Sc1c(Cl)cc(Cl)cc1Cl)Sc1c(Cl)cc(Cl)cc1Cl. The summed E-state index contributed by atoms with van der Waals surface area (Å²) < 4.78 is -2.34. The lowest BCUT2D eigenvalue weighted by molar-refractivity contribution is 1.47. The Kier molecular flexibility index (Phi) is 8.02. The fourth-order valence-corrected chi connectivity index (χ4v) is 12.5. The molecule has 0 aliphatic rings. The van der Waals surface area contributed by atoms with Crippen LogP contribution in [-0.2, 0) is 11.8 Å². The summed E-state index contributed by atoms with van der Waals surface area (Å²) in [6.45, 7) is 0. The van der Waals surface area contributed by atoms with E-state index in [-0.39, 0.29) is 0 Å². The summed E-state index contributed by atoms with van der Waals surface area (Å²) in [7, 11) is 0. The number of hydrogen-bond donors (Lipinski definition) is 1. The molecular weight excluding hydrogens is 516 g/mol. The molecule has 0 atom stereocenters. The van der Waals surface area contributed by atoms with Gasteiger partial charge in [-0.15, -0.1) is 12.2 Å². The van der Waals surface area contributed by atoms with Crippen LogP contribution in [0.1, 0.15) is 0 Å². The molecule has 0 aliphatic carbocycles. The van der Waals surface area contributed by atoms with Gasteiger partial charge in [0.05, 0.1) is 29.9 Å². The molecular formula is C12H5Cl6PS4. The highest BCUT2D eigenvalue weighted by Crippen LogP contribution is 2.79. The van der Waals surface area contributed by atoms with Crippen molar-refractivity contribution in [2.24, 2.45) is 0 Å². The minimum atomic E-state index is -2.34. The zero-order valence-electron chi connectivity index (χ0n) is 10.7. The van der Waals surface area contributed by atoms with Gasteiger partial charge in [-0.3, -0.25) is 0 Å². The normalized spacial score (nSPS) is 11.8. The van der Waals surface area contributed by atoms with E-state index in [9.17, 15) is 0 Å². The maximum absolute atomic E-state index is 6.20. The number of halogens is 6. The number of rotatable bonds is 4. The lowest BCUT2D eigenvalue weighted by atomic mass is 10.4. The van der Waals surface area contributed by atoms with E-state index in [1.807, 2.05) is 0 Å². The Balaban J connectivity index is 2.33. The topological polar surface area (TPSA) is 0 Å². The van der Waals surface area contributed by atoms with Gasteiger partial charge in [0.1, 0.15) is 3.64 Å². The van der Waals surface area contributed by atoms with Gasteiger partial charge in [0.25, 0.3) is 0 Å². The van der Waals surface area contributed by atoms with E-state index < -0.39 is 3.64 Å². The molecule has 0 N–H and O–H groups in total. The lowest BCUT2D eigenvalue weighted by Crippen LogP contribution is -1.79. The van der Waals surface area contributed by atoms with Crippen molar-refractivity contribution in [3.63, 3.8) is 0 Å². The van der Waals surface area contributed by atoms with Gasteiger partial charge in [-0.05, 0) is 24.3 Å². The molecule has 23 heavy (non-hydrogen) atoms. The van der Waals surface area contributed by atoms with Crippen LogP contribution in [0.25, 0.3) is 0 Å². The van der Waals surface area contributed by atoms with E-state index >= 15 is 0 Å². The first kappa shape index (κ1) is 21.2. The summed E-state index contributed by atoms with van der Waals surface area (Å²) >= 11 is 49.4. The molecule has 0 aliphatic heterocycles. The Morgan fingerprint density at radius 3 is 1.22 bits per heavy atom. The van der Waals surface area contributed by atoms with Crippen molar-refractivity contribution in [3.05, 3.63) is 54.4 Å². The van der Waals surface area contributed by atoms with Crippen LogP contribution in [0.3, 0.4) is 0 Å². The van der Waals surface area contributed by atoms with Gasteiger partial charge in [-0.1, -0.05) is 104 Å². The van der Waals surface area contributed by atoms with Gasteiger partial charge in [-0.25, -0.2) is 0 Å². The summed E-state index contributed by atoms with van der Waals surface area (Å²) in [5.74, 6) is 0. The van der Waals surface area contributed by atoms with Crippen LogP contribution in [0, 0.1) is 0 Å². The molecule has 11 heteroatoms.